The van der Waals surface area contributed by atoms with Crippen LogP contribution in [0, 0.1) is 0 Å². The van der Waals surface area contributed by atoms with Gasteiger partial charge in [-0.1, -0.05) is 17.7 Å². The van der Waals surface area contributed by atoms with Crippen LogP contribution in [0.5, 0.6) is 0 Å². The number of halogens is 2. The molecule has 1 aromatic carbocycles. The zero-order chi connectivity index (χ0) is 13.4. The van der Waals surface area contributed by atoms with Gasteiger partial charge in [0.15, 0.2) is 0 Å². The first-order valence-electron chi connectivity index (χ1n) is 5.78. The second kappa shape index (κ2) is 5.29. The largest absolute Gasteiger partial charge is 0.392 e. The number of nitrogens with zero attached hydrogens (tertiary/aromatic N) is 1. The van der Waals surface area contributed by atoms with Gasteiger partial charge in [0.2, 0.25) is 0 Å². The van der Waals surface area contributed by atoms with Gasteiger partial charge in [0, 0.05) is 36.9 Å². The molecule has 0 atom stereocenters. The summed E-state index contributed by atoms with van der Waals surface area (Å²) >= 11 is 11.2. The molecule has 0 bridgehead atoms. The Bertz CT molecular complexity index is 734. The van der Waals surface area contributed by atoms with Gasteiger partial charge in [0.1, 0.15) is 0 Å². The van der Waals surface area contributed by atoms with Crippen LogP contribution < -0.4 is 0 Å². The van der Waals surface area contributed by atoms with Crippen molar-refractivity contribution in [3.05, 3.63) is 55.8 Å². The molecule has 0 spiro atoms. The summed E-state index contributed by atoms with van der Waals surface area (Å²) < 4.78 is 3.23. The SMILES string of the molecule is OCc1cn(Cc2cc(Br)cs2)c2cc(Cl)ccc12. The first-order chi connectivity index (χ1) is 9.17. The molecule has 0 amide bonds. The fourth-order valence-electron chi connectivity index (χ4n) is 2.20. The average Bonchev–Trinajstić information content (AvgIpc) is 2.94. The molecule has 0 saturated carbocycles. The Labute approximate surface area is 128 Å². The molecule has 0 unspecified atom stereocenters. The van der Waals surface area contributed by atoms with Gasteiger partial charge in [0.05, 0.1) is 18.7 Å². The third kappa shape index (κ3) is 2.58. The smallest absolute Gasteiger partial charge is 0.0702 e. The van der Waals surface area contributed by atoms with E-state index in [-0.39, 0.29) is 6.61 Å². The lowest BCUT2D eigenvalue weighted by Gasteiger charge is -2.03. The molecule has 19 heavy (non-hydrogen) atoms. The highest BCUT2D eigenvalue weighted by molar-refractivity contribution is 9.10. The van der Waals surface area contributed by atoms with Crippen molar-refractivity contribution in [2.75, 3.05) is 0 Å². The van der Waals surface area contributed by atoms with Crippen molar-refractivity contribution >= 4 is 49.8 Å². The number of aromatic nitrogens is 1. The fourth-order valence-corrected chi connectivity index (χ4v) is 3.82. The van der Waals surface area contributed by atoms with Crippen LogP contribution in [-0.4, -0.2) is 9.67 Å². The van der Waals surface area contributed by atoms with E-state index in [1.807, 2.05) is 24.4 Å². The molecule has 0 aliphatic carbocycles. The molecular weight excluding hydrogens is 346 g/mol. The molecule has 3 rings (SSSR count). The maximum Gasteiger partial charge on any atom is 0.0702 e. The lowest BCUT2D eigenvalue weighted by Crippen LogP contribution is -1.95. The maximum absolute atomic E-state index is 9.44. The molecule has 3 aromatic rings. The summed E-state index contributed by atoms with van der Waals surface area (Å²) in [6.07, 6.45) is 1.99. The van der Waals surface area contributed by atoms with Gasteiger partial charge >= 0.3 is 0 Å². The van der Waals surface area contributed by atoms with Crippen LogP contribution in [0.2, 0.25) is 5.02 Å². The lowest BCUT2D eigenvalue weighted by atomic mass is 10.2. The van der Waals surface area contributed by atoms with Crippen molar-refractivity contribution in [1.82, 2.24) is 4.57 Å². The van der Waals surface area contributed by atoms with E-state index in [1.54, 1.807) is 11.3 Å². The predicted octanol–water partition coefficient (Wildman–Crippen LogP) is 4.66. The van der Waals surface area contributed by atoms with Crippen LogP contribution in [0.25, 0.3) is 10.9 Å². The molecular formula is C14H11BrClNOS. The van der Waals surface area contributed by atoms with Crippen LogP contribution in [0.15, 0.2) is 40.3 Å². The molecule has 5 heteroatoms. The van der Waals surface area contributed by atoms with Crippen LogP contribution in [-0.2, 0) is 13.2 Å². The Morgan fingerprint density at radius 2 is 2.16 bits per heavy atom. The predicted molar refractivity (Wildman–Crippen MR) is 84.0 cm³/mol. The number of fused-ring (bicyclic) bond motifs is 1. The average molecular weight is 357 g/mol. The van der Waals surface area contributed by atoms with Crippen LogP contribution in [0.3, 0.4) is 0 Å². The molecule has 0 saturated heterocycles. The standard InChI is InChI=1S/C14H11BrClNOS/c15-10-3-12(19-8-10)6-17-5-9(7-18)13-2-1-11(16)4-14(13)17/h1-5,8,18H,6-7H2. The van der Waals surface area contributed by atoms with Gasteiger partial charge in [-0.05, 0) is 34.1 Å². The molecule has 98 valence electrons. The normalized spacial score (nSPS) is 11.3. The van der Waals surface area contributed by atoms with E-state index in [9.17, 15) is 5.11 Å². The van der Waals surface area contributed by atoms with Gasteiger partial charge in [-0.15, -0.1) is 11.3 Å². The Hall–Kier alpha value is -0.810. The van der Waals surface area contributed by atoms with Crippen molar-refractivity contribution in [3.8, 4) is 0 Å². The highest BCUT2D eigenvalue weighted by atomic mass is 79.9. The summed E-state index contributed by atoms with van der Waals surface area (Å²) in [5.74, 6) is 0. The van der Waals surface area contributed by atoms with Crippen molar-refractivity contribution < 1.29 is 5.11 Å². The number of benzene rings is 1. The summed E-state index contributed by atoms with van der Waals surface area (Å²) in [6.45, 7) is 0.826. The Morgan fingerprint density at radius 1 is 1.32 bits per heavy atom. The van der Waals surface area contributed by atoms with Gasteiger partial charge in [-0.3, -0.25) is 0 Å². The van der Waals surface area contributed by atoms with E-state index in [2.05, 4.69) is 31.9 Å². The molecule has 2 nitrogen and oxygen atoms in total. The third-order valence-corrected chi connectivity index (χ3v) is 4.96. The van der Waals surface area contributed by atoms with Gasteiger partial charge in [-0.25, -0.2) is 0 Å². The quantitative estimate of drug-likeness (QED) is 0.725. The molecule has 1 N–H and O–H groups in total. The number of hydrogen-bond acceptors (Lipinski definition) is 2. The third-order valence-electron chi connectivity index (χ3n) is 3.05. The first-order valence-corrected chi connectivity index (χ1v) is 7.83. The summed E-state index contributed by atoms with van der Waals surface area (Å²) in [4.78, 5) is 1.26. The molecule has 2 aromatic heterocycles. The minimum absolute atomic E-state index is 0.0409. The molecule has 0 fully saturated rings. The zero-order valence-electron chi connectivity index (χ0n) is 9.94. The van der Waals surface area contributed by atoms with Gasteiger partial charge in [0.25, 0.3) is 0 Å². The van der Waals surface area contributed by atoms with Crippen molar-refractivity contribution in [1.29, 1.82) is 0 Å². The Kier molecular flexibility index (Phi) is 3.67. The minimum Gasteiger partial charge on any atom is -0.392 e. The molecule has 0 aliphatic heterocycles. The molecule has 0 radical (unpaired) electrons. The van der Waals surface area contributed by atoms with Gasteiger partial charge in [-0.2, -0.15) is 0 Å². The van der Waals surface area contributed by atoms with Crippen LogP contribution in [0.4, 0.5) is 0 Å². The number of thiophene rings is 1. The van der Waals surface area contributed by atoms with Crippen molar-refractivity contribution in [3.63, 3.8) is 0 Å². The van der Waals surface area contributed by atoms with E-state index in [0.717, 1.165) is 27.5 Å². The number of hydrogen-bond donors (Lipinski definition) is 1. The Balaban J connectivity index is 2.09. The van der Waals surface area contributed by atoms with Crippen molar-refractivity contribution in [2.45, 2.75) is 13.2 Å². The first kappa shape index (κ1) is 13.2. The lowest BCUT2D eigenvalue weighted by molar-refractivity contribution is 0.283. The van der Waals surface area contributed by atoms with E-state index in [4.69, 9.17) is 11.6 Å². The van der Waals surface area contributed by atoms with Gasteiger partial charge < -0.3 is 9.67 Å². The molecule has 2 heterocycles. The summed E-state index contributed by atoms with van der Waals surface area (Å²) in [7, 11) is 0. The van der Waals surface area contributed by atoms with Crippen LogP contribution in [0.1, 0.15) is 10.4 Å². The number of aliphatic hydroxyl groups excluding tert-OH is 1. The second-order valence-corrected chi connectivity index (χ2v) is 6.68. The number of rotatable bonds is 3. The monoisotopic (exact) mass is 355 g/mol. The van der Waals surface area contributed by atoms with Crippen LogP contribution >= 0.6 is 38.9 Å². The van der Waals surface area contributed by atoms with E-state index < -0.39 is 0 Å². The van der Waals surface area contributed by atoms with E-state index in [0.29, 0.717) is 5.02 Å². The topological polar surface area (TPSA) is 25.2 Å². The zero-order valence-corrected chi connectivity index (χ0v) is 13.1. The summed E-state index contributed by atoms with van der Waals surface area (Å²) in [6, 6.07) is 7.87. The summed E-state index contributed by atoms with van der Waals surface area (Å²) in [5, 5.41) is 13.3. The highest BCUT2D eigenvalue weighted by Gasteiger charge is 2.09. The van der Waals surface area contributed by atoms with E-state index >= 15 is 0 Å². The second-order valence-electron chi connectivity index (χ2n) is 4.33. The Morgan fingerprint density at radius 3 is 2.84 bits per heavy atom. The molecule has 0 aliphatic rings. The number of aliphatic hydroxyl groups is 1. The maximum atomic E-state index is 9.44. The van der Waals surface area contributed by atoms with E-state index in [1.165, 1.54) is 4.88 Å². The highest BCUT2D eigenvalue weighted by Crippen LogP contribution is 2.27. The minimum atomic E-state index is 0.0409. The fraction of sp³-hybridized carbons (Fsp3) is 0.143. The summed E-state index contributed by atoms with van der Waals surface area (Å²) in [5.41, 5.74) is 1.99. The van der Waals surface area contributed by atoms with Crippen molar-refractivity contribution in [2.24, 2.45) is 0 Å².